The molecule has 0 spiro atoms. The Morgan fingerprint density at radius 2 is 2.04 bits per heavy atom. The molecule has 0 N–H and O–H groups in total. The topological polar surface area (TPSA) is 29.5 Å². The van der Waals surface area contributed by atoms with Gasteiger partial charge >= 0.3 is 5.97 Å². The normalized spacial score (nSPS) is 23.5. The summed E-state index contributed by atoms with van der Waals surface area (Å²) in [6, 6.07) is 11.3. The van der Waals surface area contributed by atoms with Gasteiger partial charge in [-0.1, -0.05) is 30.3 Å². The molecule has 2 aliphatic heterocycles. The summed E-state index contributed by atoms with van der Waals surface area (Å²) in [5.74, 6) is 2.60. The van der Waals surface area contributed by atoms with Gasteiger partial charge in [0.1, 0.15) is 0 Å². The van der Waals surface area contributed by atoms with Gasteiger partial charge in [0.2, 0.25) is 0 Å². The van der Waals surface area contributed by atoms with Crippen LogP contribution in [0.4, 0.5) is 0 Å². The monoisotopic (exact) mass is 361 g/mol. The lowest BCUT2D eigenvalue weighted by Crippen LogP contribution is -2.48. The van der Waals surface area contributed by atoms with Crippen LogP contribution in [0.5, 0.6) is 0 Å². The summed E-state index contributed by atoms with van der Waals surface area (Å²) in [6.45, 7) is 4.51. The average molecular weight is 362 g/mol. The number of carbonyl (C=O) groups excluding carboxylic acids is 1. The molecule has 0 bridgehead atoms. The summed E-state index contributed by atoms with van der Waals surface area (Å²) in [7, 11) is 0. The number of nitrogens with zero attached hydrogens (tertiary/aromatic N) is 1. The van der Waals surface area contributed by atoms with Crippen LogP contribution >= 0.6 is 11.8 Å². The number of likely N-dealkylation sites (tertiary alicyclic amines) is 1. The molecule has 1 aromatic rings. The molecule has 3 nitrogen and oxygen atoms in total. The van der Waals surface area contributed by atoms with Crippen LogP contribution in [-0.4, -0.2) is 48.1 Å². The summed E-state index contributed by atoms with van der Waals surface area (Å²) in [4.78, 5) is 15.4. The highest BCUT2D eigenvalue weighted by molar-refractivity contribution is 7.99. The maximum Gasteiger partial charge on any atom is 0.312 e. The number of thioether (sulfide) groups is 1. The number of benzene rings is 1. The lowest BCUT2D eigenvalue weighted by atomic mass is 9.74. The Bertz CT molecular complexity index is 534. The third-order valence-corrected chi connectivity index (χ3v) is 6.99. The Morgan fingerprint density at radius 3 is 2.68 bits per heavy atom. The summed E-state index contributed by atoms with van der Waals surface area (Å²) in [6.07, 6.45) is 6.29. The lowest BCUT2D eigenvalue weighted by molar-refractivity contribution is -0.159. The van der Waals surface area contributed by atoms with Crippen molar-refractivity contribution in [3.63, 3.8) is 0 Å². The van der Waals surface area contributed by atoms with E-state index >= 15 is 0 Å². The van der Waals surface area contributed by atoms with Gasteiger partial charge < -0.3 is 4.74 Å². The number of piperidine rings is 1. The molecule has 1 atom stereocenters. The Labute approximate surface area is 156 Å². The quantitative estimate of drug-likeness (QED) is 0.682. The predicted molar refractivity (Wildman–Crippen MR) is 105 cm³/mol. The Morgan fingerprint density at radius 1 is 1.28 bits per heavy atom. The average Bonchev–Trinajstić information content (AvgIpc) is 3.18. The number of aryl methyl sites for hydroxylation is 1. The zero-order valence-corrected chi connectivity index (χ0v) is 16.2. The van der Waals surface area contributed by atoms with E-state index in [1.165, 1.54) is 23.5 Å². The summed E-state index contributed by atoms with van der Waals surface area (Å²) >= 11 is 2.07. The van der Waals surface area contributed by atoms with E-state index in [0.29, 0.717) is 6.61 Å². The fourth-order valence-corrected chi connectivity index (χ4v) is 5.50. The van der Waals surface area contributed by atoms with Gasteiger partial charge in [0, 0.05) is 11.8 Å². The van der Waals surface area contributed by atoms with Gasteiger partial charge in [0.05, 0.1) is 12.0 Å². The van der Waals surface area contributed by atoms with Crippen molar-refractivity contribution < 1.29 is 9.53 Å². The van der Waals surface area contributed by atoms with Crippen LogP contribution in [0.25, 0.3) is 0 Å². The van der Waals surface area contributed by atoms with Crippen molar-refractivity contribution in [3.05, 3.63) is 35.9 Å². The summed E-state index contributed by atoms with van der Waals surface area (Å²) < 4.78 is 5.49. The molecule has 0 unspecified atom stereocenters. The van der Waals surface area contributed by atoms with Crippen molar-refractivity contribution >= 4 is 17.7 Å². The first-order chi connectivity index (χ1) is 12.2. The molecule has 2 saturated heterocycles. The van der Waals surface area contributed by atoms with Gasteiger partial charge in [-0.2, -0.15) is 11.8 Å². The van der Waals surface area contributed by atoms with Gasteiger partial charge in [-0.05, 0) is 69.9 Å². The second-order valence-corrected chi connectivity index (χ2v) is 8.54. The number of hydrogen-bond donors (Lipinski definition) is 0. The Kier molecular flexibility index (Phi) is 6.83. The van der Waals surface area contributed by atoms with Gasteiger partial charge in [0.25, 0.3) is 0 Å². The third kappa shape index (κ3) is 4.79. The number of carbonyl (C=O) groups is 1. The largest absolute Gasteiger partial charge is 0.466 e. The van der Waals surface area contributed by atoms with Crippen LogP contribution in [0.15, 0.2) is 30.3 Å². The van der Waals surface area contributed by atoms with Crippen LogP contribution in [0, 0.1) is 5.41 Å². The van der Waals surface area contributed by atoms with E-state index < -0.39 is 0 Å². The zero-order valence-electron chi connectivity index (χ0n) is 15.4. The maximum atomic E-state index is 12.7. The first-order valence-electron chi connectivity index (χ1n) is 9.76. The van der Waals surface area contributed by atoms with Crippen LogP contribution in [-0.2, 0) is 16.0 Å². The molecule has 2 fully saturated rings. The number of esters is 1. The summed E-state index contributed by atoms with van der Waals surface area (Å²) in [5, 5.41) is 0. The molecule has 25 heavy (non-hydrogen) atoms. The minimum absolute atomic E-state index is 0.0449. The molecular weight excluding hydrogens is 330 g/mol. The van der Waals surface area contributed by atoms with Crippen LogP contribution in [0.1, 0.15) is 44.6 Å². The van der Waals surface area contributed by atoms with Crippen molar-refractivity contribution in [1.82, 2.24) is 4.90 Å². The molecule has 3 rings (SSSR count). The maximum absolute atomic E-state index is 12.7. The molecule has 2 heterocycles. The van der Waals surface area contributed by atoms with Gasteiger partial charge in [-0.3, -0.25) is 9.69 Å². The van der Waals surface area contributed by atoms with E-state index in [2.05, 4.69) is 47.0 Å². The second-order valence-electron chi connectivity index (χ2n) is 7.39. The van der Waals surface area contributed by atoms with Crippen LogP contribution < -0.4 is 0 Å². The Balaban J connectivity index is 1.58. The van der Waals surface area contributed by atoms with Gasteiger partial charge in [0.15, 0.2) is 0 Å². The molecule has 138 valence electrons. The minimum atomic E-state index is -0.257. The van der Waals surface area contributed by atoms with Crippen molar-refractivity contribution in [3.8, 4) is 0 Å². The highest BCUT2D eigenvalue weighted by Crippen LogP contribution is 2.39. The Hall–Kier alpha value is -1.00. The van der Waals surface area contributed by atoms with Gasteiger partial charge in [-0.15, -0.1) is 0 Å². The van der Waals surface area contributed by atoms with Crippen LogP contribution in [0.2, 0.25) is 0 Å². The number of ether oxygens (including phenoxy) is 1. The molecule has 0 aliphatic carbocycles. The van der Waals surface area contributed by atoms with E-state index in [4.69, 9.17) is 4.74 Å². The predicted octanol–water partition coefficient (Wildman–Crippen LogP) is 4.16. The molecule has 1 aromatic carbocycles. The highest BCUT2D eigenvalue weighted by Gasteiger charge is 2.43. The van der Waals surface area contributed by atoms with E-state index in [-0.39, 0.29) is 11.4 Å². The van der Waals surface area contributed by atoms with E-state index in [9.17, 15) is 4.79 Å². The fraction of sp³-hybridized carbons (Fsp3) is 0.667. The fourth-order valence-electron chi connectivity index (χ4n) is 4.24. The van der Waals surface area contributed by atoms with E-state index in [1.807, 2.05) is 6.92 Å². The molecule has 0 amide bonds. The highest BCUT2D eigenvalue weighted by atomic mass is 32.2. The van der Waals surface area contributed by atoms with Gasteiger partial charge in [-0.25, -0.2) is 0 Å². The number of hydrogen-bond acceptors (Lipinski definition) is 4. The summed E-state index contributed by atoms with van der Waals surface area (Å²) in [5.41, 5.74) is 1.11. The number of rotatable bonds is 7. The van der Waals surface area contributed by atoms with Crippen molar-refractivity contribution in [2.45, 2.75) is 51.5 Å². The minimum Gasteiger partial charge on any atom is -0.466 e. The van der Waals surface area contributed by atoms with Crippen molar-refractivity contribution in [2.24, 2.45) is 5.41 Å². The molecule has 0 aromatic heterocycles. The SMILES string of the molecule is CCOC(=O)C1(CCCc2ccccc2)CCN([C@H]2CCSC2)CC1. The van der Waals surface area contributed by atoms with Crippen LogP contribution in [0.3, 0.4) is 0 Å². The van der Waals surface area contributed by atoms with Crippen molar-refractivity contribution in [1.29, 1.82) is 0 Å². The first kappa shape index (κ1) is 18.8. The lowest BCUT2D eigenvalue weighted by Gasteiger charge is -2.42. The molecule has 0 radical (unpaired) electrons. The standard InChI is InChI=1S/C21H31NO2S/c1-2-24-20(23)21(11-6-9-18-7-4-3-5-8-18)12-14-22(15-13-21)19-10-16-25-17-19/h3-5,7-8,19H,2,6,9-17H2,1H3/t19-/m0/s1. The first-order valence-corrected chi connectivity index (χ1v) is 10.9. The molecule has 4 heteroatoms. The smallest absolute Gasteiger partial charge is 0.312 e. The second kappa shape index (κ2) is 9.09. The zero-order chi connectivity index (χ0) is 17.5. The molecule has 2 aliphatic rings. The van der Waals surface area contributed by atoms with Crippen molar-refractivity contribution in [2.75, 3.05) is 31.2 Å². The third-order valence-electron chi connectivity index (χ3n) is 5.85. The molecular formula is C21H31NO2S. The molecule has 0 saturated carbocycles. The van der Waals surface area contributed by atoms with E-state index in [0.717, 1.165) is 51.2 Å². The van der Waals surface area contributed by atoms with E-state index in [1.54, 1.807) is 0 Å².